The first kappa shape index (κ1) is 26.3. The molecule has 2 rings (SSSR count). The van der Waals surface area contributed by atoms with Gasteiger partial charge in [0.15, 0.2) is 5.96 Å². The molecule has 0 bridgehead atoms. The highest BCUT2D eigenvalue weighted by Gasteiger charge is 2.32. The molecular formula is C18H13F8N3O3. The summed E-state index contributed by atoms with van der Waals surface area (Å²) < 4.78 is 103. The Balaban J connectivity index is 0.000000323. The van der Waals surface area contributed by atoms with Crippen molar-refractivity contribution in [3.05, 3.63) is 70.3 Å². The third-order valence-electron chi connectivity index (χ3n) is 3.46. The van der Waals surface area contributed by atoms with Crippen molar-refractivity contribution in [1.82, 2.24) is 0 Å². The number of alkyl halides is 6. The largest absolute Gasteiger partial charge is 0.465 e. The third-order valence-corrected chi connectivity index (χ3v) is 3.46. The van der Waals surface area contributed by atoms with Crippen LogP contribution in [0.15, 0.2) is 41.4 Å². The minimum atomic E-state index is -4.68. The number of halogens is 8. The van der Waals surface area contributed by atoms with Crippen molar-refractivity contribution in [2.45, 2.75) is 12.4 Å². The van der Waals surface area contributed by atoms with Gasteiger partial charge in [-0.1, -0.05) is 0 Å². The fourth-order valence-corrected chi connectivity index (χ4v) is 2.01. The summed E-state index contributed by atoms with van der Waals surface area (Å²) in [5.74, 6) is -5.35. The van der Waals surface area contributed by atoms with Crippen LogP contribution in [0.25, 0.3) is 0 Å². The summed E-state index contributed by atoms with van der Waals surface area (Å²) in [4.78, 5) is 25.0. The van der Waals surface area contributed by atoms with Crippen LogP contribution < -0.4 is 11.5 Å². The number of amides is 1. The van der Waals surface area contributed by atoms with Crippen LogP contribution in [0.5, 0.6) is 0 Å². The summed E-state index contributed by atoms with van der Waals surface area (Å²) in [6.07, 6.45) is -9.31. The third kappa shape index (κ3) is 7.21. The molecule has 0 unspecified atom stereocenters. The highest BCUT2D eigenvalue weighted by atomic mass is 19.4. The molecule has 0 saturated heterocycles. The fourth-order valence-electron chi connectivity index (χ4n) is 2.01. The number of carbonyl (C=O) groups is 2. The Morgan fingerprint density at radius 1 is 0.812 bits per heavy atom. The quantitative estimate of drug-likeness (QED) is 0.299. The number of carbonyl (C=O) groups excluding carboxylic acids is 2. The SMILES string of the molecule is COC(=O)c1ccc(C(F)(F)F)cc1F.NC(N)=NC(=O)c1ccc(C(F)(F)F)cc1F. The Morgan fingerprint density at radius 2 is 1.22 bits per heavy atom. The molecule has 0 radical (unpaired) electrons. The van der Waals surface area contributed by atoms with E-state index in [0.29, 0.717) is 18.2 Å². The number of methoxy groups -OCH3 is 1. The van der Waals surface area contributed by atoms with Crippen molar-refractivity contribution in [1.29, 1.82) is 0 Å². The van der Waals surface area contributed by atoms with Gasteiger partial charge < -0.3 is 16.2 Å². The van der Waals surface area contributed by atoms with E-state index < -0.39 is 64.1 Å². The maximum atomic E-state index is 13.2. The van der Waals surface area contributed by atoms with E-state index in [2.05, 4.69) is 9.73 Å². The fraction of sp³-hybridized carbons (Fsp3) is 0.167. The predicted octanol–water partition coefficient (Wildman–Crippen LogP) is 3.89. The maximum Gasteiger partial charge on any atom is 0.416 e. The van der Waals surface area contributed by atoms with Gasteiger partial charge in [0.05, 0.1) is 29.4 Å². The van der Waals surface area contributed by atoms with E-state index >= 15 is 0 Å². The molecule has 4 N–H and O–H groups in total. The van der Waals surface area contributed by atoms with E-state index in [9.17, 15) is 44.7 Å². The van der Waals surface area contributed by atoms with Crippen molar-refractivity contribution in [2.24, 2.45) is 16.5 Å². The molecule has 0 aliphatic rings. The lowest BCUT2D eigenvalue weighted by Crippen LogP contribution is -2.24. The Morgan fingerprint density at radius 3 is 1.53 bits per heavy atom. The van der Waals surface area contributed by atoms with Gasteiger partial charge >= 0.3 is 18.3 Å². The molecule has 14 heteroatoms. The molecular weight excluding hydrogens is 458 g/mol. The smallest absolute Gasteiger partial charge is 0.416 e. The van der Waals surface area contributed by atoms with Crippen LogP contribution in [0, 0.1) is 11.6 Å². The molecule has 174 valence electrons. The number of benzene rings is 2. The molecule has 0 saturated carbocycles. The minimum Gasteiger partial charge on any atom is -0.465 e. The first-order valence-corrected chi connectivity index (χ1v) is 8.03. The average Bonchev–Trinajstić information content (AvgIpc) is 2.65. The normalized spacial score (nSPS) is 11.2. The Hall–Kier alpha value is -3.71. The van der Waals surface area contributed by atoms with Gasteiger partial charge in [0.25, 0.3) is 5.91 Å². The summed E-state index contributed by atoms with van der Waals surface area (Å²) >= 11 is 0. The number of nitrogens with zero attached hydrogens (tertiary/aromatic N) is 1. The van der Waals surface area contributed by atoms with E-state index in [0.717, 1.165) is 13.2 Å². The van der Waals surface area contributed by atoms with E-state index in [-0.39, 0.29) is 12.1 Å². The molecule has 2 aromatic carbocycles. The van der Waals surface area contributed by atoms with Crippen LogP contribution in [-0.2, 0) is 17.1 Å². The average molecular weight is 471 g/mol. The van der Waals surface area contributed by atoms with Crippen molar-refractivity contribution in [3.8, 4) is 0 Å². The number of guanidine groups is 1. The lowest BCUT2D eigenvalue weighted by molar-refractivity contribution is -0.138. The van der Waals surface area contributed by atoms with Gasteiger partial charge in [0.1, 0.15) is 11.6 Å². The molecule has 0 fully saturated rings. The number of aliphatic imine (C=N–C) groups is 1. The van der Waals surface area contributed by atoms with Crippen LogP contribution in [0.4, 0.5) is 35.1 Å². The standard InChI is InChI=1S/C9H7F4N3O.C9H6F4O2/c10-6-3-4(9(11,12)13)1-2-5(6)7(17)16-8(14)15;1-15-8(14)6-3-2-5(4-7(6)10)9(11,12)13/h1-3H,(H4,14,15,16,17);2-4H,1H3. The summed E-state index contributed by atoms with van der Waals surface area (Å²) in [5, 5.41) is 0. The van der Waals surface area contributed by atoms with Crippen molar-refractivity contribution < 1.29 is 49.4 Å². The molecule has 32 heavy (non-hydrogen) atoms. The van der Waals surface area contributed by atoms with Gasteiger partial charge in [-0.05, 0) is 36.4 Å². The van der Waals surface area contributed by atoms with Crippen LogP contribution in [0.2, 0.25) is 0 Å². The summed E-state index contributed by atoms with van der Waals surface area (Å²) in [6, 6.07) is 3.06. The number of ether oxygens (including phenoxy) is 1. The second-order valence-corrected chi connectivity index (χ2v) is 5.72. The Kier molecular flexibility index (Phi) is 8.28. The molecule has 0 aliphatic heterocycles. The monoisotopic (exact) mass is 471 g/mol. The van der Waals surface area contributed by atoms with Crippen molar-refractivity contribution >= 4 is 17.8 Å². The van der Waals surface area contributed by atoms with Gasteiger partial charge in [-0.15, -0.1) is 0 Å². The number of nitrogens with two attached hydrogens (primary N) is 2. The molecule has 0 heterocycles. The van der Waals surface area contributed by atoms with Gasteiger partial charge in [-0.3, -0.25) is 4.79 Å². The van der Waals surface area contributed by atoms with E-state index in [4.69, 9.17) is 11.5 Å². The first-order chi connectivity index (χ1) is 14.6. The lowest BCUT2D eigenvalue weighted by Gasteiger charge is -2.07. The summed E-state index contributed by atoms with van der Waals surface area (Å²) in [5.41, 5.74) is 6.27. The number of rotatable bonds is 2. The summed E-state index contributed by atoms with van der Waals surface area (Å²) in [7, 11) is 1.01. The number of hydrogen-bond donors (Lipinski definition) is 2. The van der Waals surface area contributed by atoms with Gasteiger partial charge in [0, 0.05) is 0 Å². The Bertz CT molecular complexity index is 1030. The summed E-state index contributed by atoms with van der Waals surface area (Å²) in [6.45, 7) is 0. The van der Waals surface area contributed by atoms with E-state index in [1.54, 1.807) is 0 Å². The molecule has 0 aliphatic carbocycles. The first-order valence-electron chi connectivity index (χ1n) is 8.03. The van der Waals surface area contributed by atoms with Gasteiger partial charge in [-0.2, -0.15) is 31.3 Å². The number of hydrogen-bond acceptors (Lipinski definition) is 3. The predicted molar refractivity (Wildman–Crippen MR) is 94.3 cm³/mol. The second kappa shape index (κ2) is 10.1. The zero-order valence-corrected chi connectivity index (χ0v) is 15.8. The van der Waals surface area contributed by atoms with Gasteiger partial charge in [0.2, 0.25) is 0 Å². The zero-order chi connectivity index (χ0) is 24.9. The zero-order valence-electron chi connectivity index (χ0n) is 15.8. The highest BCUT2D eigenvalue weighted by molar-refractivity contribution is 6.02. The van der Waals surface area contributed by atoms with Crippen LogP contribution in [0.3, 0.4) is 0 Å². The van der Waals surface area contributed by atoms with Gasteiger partial charge in [-0.25, -0.2) is 13.6 Å². The molecule has 0 aromatic heterocycles. The van der Waals surface area contributed by atoms with Crippen LogP contribution in [0.1, 0.15) is 31.8 Å². The van der Waals surface area contributed by atoms with E-state index in [1.165, 1.54) is 0 Å². The molecule has 2 aromatic rings. The van der Waals surface area contributed by atoms with Crippen molar-refractivity contribution in [2.75, 3.05) is 7.11 Å². The second-order valence-electron chi connectivity index (χ2n) is 5.72. The minimum absolute atomic E-state index is 0.204. The van der Waals surface area contributed by atoms with Crippen LogP contribution >= 0.6 is 0 Å². The topological polar surface area (TPSA) is 108 Å². The lowest BCUT2D eigenvalue weighted by atomic mass is 10.1. The molecule has 1 amide bonds. The molecule has 0 atom stereocenters. The Labute approximate surface area is 174 Å². The highest BCUT2D eigenvalue weighted by Crippen LogP contribution is 2.31. The number of esters is 1. The maximum absolute atomic E-state index is 13.2. The van der Waals surface area contributed by atoms with Crippen molar-refractivity contribution in [3.63, 3.8) is 0 Å². The molecule has 0 spiro atoms. The molecule has 6 nitrogen and oxygen atoms in total. The van der Waals surface area contributed by atoms with Crippen LogP contribution in [-0.4, -0.2) is 24.9 Å². The van der Waals surface area contributed by atoms with E-state index in [1.807, 2.05) is 0 Å².